The number of hydroxylamine groups is 2. The molecule has 37 heavy (non-hydrogen) atoms. The highest BCUT2D eigenvalue weighted by Gasteiger charge is 2.49. The number of benzene rings is 1. The molecule has 0 spiro atoms. The third-order valence-corrected chi connectivity index (χ3v) is 9.97. The fraction of sp³-hybridized carbons (Fsp3) is 0.765. The Labute approximate surface area is 228 Å². The van der Waals surface area contributed by atoms with Crippen molar-refractivity contribution in [1.29, 1.82) is 0 Å². The largest absolute Gasteiger partial charge is 0.494 e. The number of hydrogen-bond donors (Lipinski definition) is 0. The summed E-state index contributed by atoms with van der Waals surface area (Å²) >= 11 is 0. The first-order valence-electron chi connectivity index (χ1n) is 15.5. The summed E-state index contributed by atoms with van der Waals surface area (Å²) in [5, 5.41) is 2.27. The maximum Gasteiger partial charge on any atom is 0.119 e. The monoisotopic (exact) mass is 509 g/mol. The van der Waals surface area contributed by atoms with Gasteiger partial charge in [-0.2, -0.15) is 0 Å². The molecule has 3 aliphatic rings. The van der Waals surface area contributed by atoms with Gasteiger partial charge in [-0.15, -0.1) is 5.06 Å². The molecule has 3 nitrogen and oxygen atoms in total. The molecule has 0 N–H and O–H groups in total. The second-order valence-electron chi connectivity index (χ2n) is 13.7. The van der Waals surface area contributed by atoms with E-state index in [4.69, 9.17) is 9.57 Å². The predicted octanol–water partition coefficient (Wildman–Crippen LogP) is 9.68. The van der Waals surface area contributed by atoms with Crippen molar-refractivity contribution in [2.24, 2.45) is 23.7 Å². The van der Waals surface area contributed by atoms with Crippen molar-refractivity contribution in [3.05, 3.63) is 42.2 Å². The van der Waals surface area contributed by atoms with Crippen LogP contribution in [0.2, 0.25) is 0 Å². The Morgan fingerprint density at radius 1 is 0.784 bits per heavy atom. The number of ether oxygens (including phenoxy) is 1. The Hall–Kier alpha value is -1.48. The van der Waals surface area contributed by atoms with Crippen LogP contribution >= 0.6 is 0 Å². The summed E-state index contributed by atoms with van der Waals surface area (Å²) in [4.78, 5) is 6.11. The maximum atomic E-state index is 6.11. The van der Waals surface area contributed by atoms with E-state index < -0.39 is 0 Å². The zero-order valence-corrected chi connectivity index (χ0v) is 24.8. The van der Waals surface area contributed by atoms with E-state index in [1.54, 1.807) is 0 Å². The molecule has 0 aromatic heterocycles. The van der Waals surface area contributed by atoms with Crippen LogP contribution in [-0.2, 0) is 4.84 Å². The third-order valence-electron chi connectivity index (χ3n) is 9.97. The van der Waals surface area contributed by atoms with E-state index in [-0.39, 0.29) is 11.1 Å². The van der Waals surface area contributed by atoms with Gasteiger partial charge in [0.2, 0.25) is 0 Å². The van der Waals surface area contributed by atoms with E-state index in [0.29, 0.717) is 0 Å². The van der Waals surface area contributed by atoms with Crippen molar-refractivity contribution in [2.75, 3.05) is 6.61 Å². The molecule has 3 heteroatoms. The smallest absolute Gasteiger partial charge is 0.119 e. The first kappa shape index (κ1) is 28.5. The van der Waals surface area contributed by atoms with Crippen LogP contribution in [0.5, 0.6) is 5.75 Å². The zero-order valence-electron chi connectivity index (χ0n) is 24.8. The highest BCUT2D eigenvalue weighted by molar-refractivity contribution is 5.29. The Balaban J connectivity index is 1.24. The molecule has 1 aliphatic heterocycles. The molecular formula is C34H55NO2. The Morgan fingerprint density at radius 2 is 1.30 bits per heavy atom. The van der Waals surface area contributed by atoms with Crippen LogP contribution in [0.1, 0.15) is 130 Å². The van der Waals surface area contributed by atoms with Crippen molar-refractivity contribution in [2.45, 2.75) is 136 Å². The number of allylic oxidation sites excluding steroid dienone is 1. The first-order valence-corrected chi connectivity index (χ1v) is 15.5. The number of rotatable bonds is 9. The fourth-order valence-corrected chi connectivity index (χ4v) is 8.26. The van der Waals surface area contributed by atoms with E-state index in [0.717, 1.165) is 48.4 Å². The predicted molar refractivity (Wildman–Crippen MR) is 156 cm³/mol. The van der Waals surface area contributed by atoms with Crippen molar-refractivity contribution < 1.29 is 9.57 Å². The Bertz CT molecular complexity index is 823. The standard InChI is InChI=1S/C34H55NO2/c1-7-9-23-36-32-20-18-29(19-21-32)28-12-10-26(11-13-28)27-14-16-30(17-15-27)31-24-33(3,4)35(37-22-8-2)34(5,6)25-31/h8,18-22,26-28,30-31H,7,9-17,23-25H2,1-6H3/b22-8+. The summed E-state index contributed by atoms with van der Waals surface area (Å²) in [6.45, 7) is 14.6. The number of piperidine rings is 1. The molecular weight excluding hydrogens is 454 g/mol. The van der Waals surface area contributed by atoms with Crippen LogP contribution < -0.4 is 4.74 Å². The van der Waals surface area contributed by atoms with Gasteiger partial charge in [-0.3, -0.25) is 0 Å². The fourth-order valence-electron chi connectivity index (χ4n) is 8.26. The molecule has 2 aliphatic carbocycles. The van der Waals surface area contributed by atoms with E-state index in [1.165, 1.54) is 76.2 Å². The summed E-state index contributed by atoms with van der Waals surface area (Å²) in [5.41, 5.74) is 1.67. The number of hydrogen-bond acceptors (Lipinski definition) is 3. The van der Waals surface area contributed by atoms with Crippen molar-refractivity contribution in [1.82, 2.24) is 5.06 Å². The molecule has 0 bridgehead atoms. The third kappa shape index (κ3) is 7.14. The summed E-state index contributed by atoms with van der Waals surface area (Å²) in [6.07, 6.45) is 20.0. The van der Waals surface area contributed by atoms with E-state index >= 15 is 0 Å². The molecule has 1 heterocycles. The lowest BCUT2D eigenvalue weighted by Crippen LogP contribution is -2.60. The van der Waals surface area contributed by atoms with Crippen molar-refractivity contribution in [3.8, 4) is 5.75 Å². The van der Waals surface area contributed by atoms with Gasteiger partial charge in [-0.1, -0.05) is 31.6 Å². The van der Waals surface area contributed by atoms with Gasteiger partial charge in [-0.25, -0.2) is 0 Å². The lowest BCUT2D eigenvalue weighted by Gasteiger charge is -2.55. The SMILES string of the molecule is C/C=C/ON1C(C)(C)CC(C2CCC(C3CCC(c4ccc(OCCCC)cc4)CC3)CC2)CC1(C)C. The zero-order chi connectivity index (χ0) is 26.5. The van der Waals surface area contributed by atoms with E-state index in [9.17, 15) is 0 Å². The lowest BCUT2D eigenvalue weighted by molar-refractivity contribution is -0.259. The molecule has 4 rings (SSSR count). The quantitative estimate of drug-likeness (QED) is 0.244. The highest BCUT2D eigenvalue weighted by atomic mass is 16.7. The van der Waals surface area contributed by atoms with E-state index in [2.05, 4.69) is 63.9 Å². The van der Waals surface area contributed by atoms with Crippen LogP contribution in [0.4, 0.5) is 0 Å². The molecule has 1 saturated heterocycles. The molecule has 0 unspecified atom stereocenters. The first-order chi connectivity index (χ1) is 17.7. The average molecular weight is 510 g/mol. The average Bonchev–Trinajstić information content (AvgIpc) is 2.88. The summed E-state index contributed by atoms with van der Waals surface area (Å²) < 4.78 is 5.87. The lowest BCUT2D eigenvalue weighted by atomic mass is 9.63. The van der Waals surface area contributed by atoms with Gasteiger partial charge < -0.3 is 9.57 Å². The van der Waals surface area contributed by atoms with Crippen molar-refractivity contribution in [3.63, 3.8) is 0 Å². The number of unbranched alkanes of at least 4 members (excludes halogenated alkanes) is 1. The normalized spacial score (nSPS) is 30.9. The Kier molecular flexibility index (Phi) is 9.70. The van der Waals surface area contributed by atoms with Gasteiger partial charge in [-0.05, 0) is 153 Å². The summed E-state index contributed by atoms with van der Waals surface area (Å²) in [6, 6.07) is 9.04. The second kappa shape index (κ2) is 12.6. The van der Waals surface area contributed by atoms with Crippen LogP contribution in [0.3, 0.4) is 0 Å². The van der Waals surface area contributed by atoms with Gasteiger partial charge in [0.05, 0.1) is 17.7 Å². The molecule has 0 amide bonds. The molecule has 208 valence electrons. The topological polar surface area (TPSA) is 21.7 Å². The highest BCUT2D eigenvalue weighted by Crippen LogP contribution is 2.50. The van der Waals surface area contributed by atoms with Gasteiger partial charge in [0.25, 0.3) is 0 Å². The van der Waals surface area contributed by atoms with Crippen LogP contribution in [-0.4, -0.2) is 22.7 Å². The molecule has 3 fully saturated rings. The van der Waals surface area contributed by atoms with Gasteiger partial charge in [0, 0.05) is 0 Å². The molecule has 1 aromatic rings. The minimum atomic E-state index is 0.0704. The molecule has 0 atom stereocenters. The minimum absolute atomic E-state index is 0.0704. The van der Waals surface area contributed by atoms with Gasteiger partial charge >= 0.3 is 0 Å². The second-order valence-corrected chi connectivity index (χ2v) is 13.7. The number of nitrogens with zero attached hydrogens (tertiary/aromatic N) is 1. The van der Waals surface area contributed by atoms with Gasteiger partial charge in [0.15, 0.2) is 0 Å². The molecule has 0 radical (unpaired) electrons. The van der Waals surface area contributed by atoms with Crippen LogP contribution in [0.25, 0.3) is 0 Å². The maximum absolute atomic E-state index is 6.11. The summed E-state index contributed by atoms with van der Waals surface area (Å²) in [5.74, 6) is 5.42. The van der Waals surface area contributed by atoms with E-state index in [1.807, 2.05) is 19.3 Å². The van der Waals surface area contributed by atoms with Crippen LogP contribution in [0.15, 0.2) is 36.6 Å². The van der Waals surface area contributed by atoms with Crippen molar-refractivity contribution >= 4 is 0 Å². The molecule has 1 aromatic carbocycles. The minimum Gasteiger partial charge on any atom is -0.494 e. The van der Waals surface area contributed by atoms with Gasteiger partial charge in [0.1, 0.15) is 12.0 Å². The Morgan fingerprint density at radius 3 is 1.81 bits per heavy atom. The molecule has 2 saturated carbocycles. The van der Waals surface area contributed by atoms with Crippen LogP contribution in [0, 0.1) is 23.7 Å². The summed E-state index contributed by atoms with van der Waals surface area (Å²) in [7, 11) is 0.